The summed E-state index contributed by atoms with van der Waals surface area (Å²) in [5.41, 5.74) is 1.41. The summed E-state index contributed by atoms with van der Waals surface area (Å²) < 4.78 is 0. The van der Waals surface area contributed by atoms with Crippen molar-refractivity contribution in [3.63, 3.8) is 0 Å². The number of benzene rings is 1. The van der Waals surface area contributed by atoms with Crippen molar-refractivity contribution in [3.05, 3.63) is 35.9 Å². The van der Waals surface area contributed by atoms with E-state index < -0.39 is 0 Å². The van der Waals surface area contributed by atoms with Gasteiger partial charge in [-0.25, -0.2) is 4.79 Å². The molecule has 0 radical (unpaired) electrons. The Balaban J connectivity index is 1.88. The third-order valence-corrected chi connectivity index (χ3v) is 3.38. The normalized spacial score (nSPS) is 16.9. The van der Waals surface area contributed by atoms with Crippen molar-refractivity contribution in [3.8, 4) is 0 Å². The number of hydrogen-bond acceptors (Lipinski definition) is 1. The Kier molecular flexibility index (Phi) is 4.02. The van der Waals surface area contributed by atoms with Crippen molar-refractivity contribution < 1.29 is 4.79 Å². The Hall–Kier alpha value is -1.51. The molecule has 0 unspecified atom stereocenters. The molecule has 1 aliphatic rings. The van der Waals surface area contributed by atoms with Gasteiger partial charge in [0.2, 0.25) is 0 Å². The molecule has 1 N–H and O–H groups in total. The zero-order valence-electron chi connectivity index (χ0n) is 10.4. The number of rotatable bonds is 2. The van der Waals surface area contributed by atoms with Gasteiger partial charge in [0.1, 0.15) is 0 Å². The van der Waals surface area contributed by atoms with Gasteiger partial charge in [-0.1, -0.05) is 30.3 Å². The maximum atomic E-state index is 11.7. The second-order valence-corrected chi connectivity index (χ2v) is 4.51. The van der Waals surface area contributed by atoms with Gasteiger partial charge in [0.05, 0.1) is 0 Å². The van der Waals surface area contributed by atoms with Crippen molar-refractivity contribution in [2.45, 2.75) is 25.7 Å². The lowest BCUT2D eigenvalue weighted by Crippen LogP contribution is -2.44. The molecule has 3 nitrogen and oxygen atoms in total. The lowest BCUT2D eigenvalue weighted by atomic mass is 9.90. The highest BCUT2D eigenvalue weighted by Gasteiger charge is 2.22. The predicted molar refractivity (Wildman–Crippen MR) is 69.1 cm³/mol. The first-order valence-electron chi connectivity index (χ1n) is 6.39. The van der Waals surface area contributed by atoms with E-state index >= 15 is 0 Å². The summed E-state index contributed by atoms with van der Waals surface area (Å²) in [6.45, 7) is 4.39. The quantitative estimate of drug-likeness (QED) is 0.835. The number of hydrogen-bond donors (Lipinski definition) is 1. The van der Waals surface area contributed by atoms with E-state index in [0.29, 0.717) is 12.5 Å². The molecular formula is C14H20N2O. The minimum Gasteiger partial charge on any atom is -0.338 e. The largest absolute Gasteiger partial charge is 0.338 e. The number of amides is 2. The average molecular weight is 232 g/mol. The SMILES string of the molecule is CCNC(=O)N1CCC(c2ccccc2)CC1. The van der Waals surface area contributed by atoms with Crippen LogP contribution in [-0.2, 0) is 0 Å². The van der Waals surface area contributed by atoms with Crippen molar-refractivity contribution >= 4 is 6.03 Å². The molecule has 0 saturated carbocycles. The second kappa shape index (κ2) is 5.71. The van der Waals surface area contributed by atoms with Crippen LogP contribution in [0, 0.1) is 0 Å². The van der Waals surface area contributed by atoms with Gasteiger partial charge in [-0.3, -0.25) is 0 Å². The van der Waals surface area contributed by atoms with Gasteiger partial charge in [0, 0.05) is 19.6 Å². The van der Waals surface area contributed by atoms with Crippen LogP contribution >= 0.6 is 0 Å². The van der Waals surface area contributed by atoms with E-state index in [1.807, 2.05) is 17.9 Å². The number of likely N-dealkylation sites (tertiary alicyclic amines) is 1. The minimum atomic E-state index is 0.0824. The van der Waals surface area contributed by atoms with Crippen LogP contribution < -0.4 is 5.32 Å². The Morgan fingerprint density at radius 1 is 1.29 bits per heavy atom. The van der Waals surface area contributed by atoms with Crippen LogP contribution in [-0.4, -0.2) is 30.6 Å². The highest BCUT2D eigenvalue weighted by molar-refractivity contribution is 5.74. The van der Waals surface area contributed by atoms with Crippen molar-refractivity contribution in [1.82, 2.24) is 10.2 Å². The number of nitrogens with zero attached hydrogens (tertiary/aromatic N) is 1. The van der Waals surface area contributed by atoms with E-state index in [1.54, 1.807) is 0 Å². The molecule has 2 rings (SSSR count). The third-order valence-electron chi connectivity index (χ3n) is 3.38. The van der Waals surface area contributed by atoms with E-state index in [-0.39, 0.29) is 6.03 Å². The first-order valence-corrected chi connectivity index (χ1v) is 6.39. The predicted octanol–water partition coefficient (Wildman–Crippen LogP) is 2.60. The summed E-state index contributed by atoms with van der Waals surface area (Å²) in [5.74, 6) is 0.613. The van der Waals surface area contributed by atoms with E-state index in [1.165, 1.54) is 5.56 Å². The van der Waals surface area contributed by atoms with Crippen LogP contribution in [0.3, 0.4) is 0 Å². The Bertz CT molecular complexity index is 356. The molecule has 17 heavy (non-hydrogen) atoms. The molecule has 92 valence electrons. The van der Waals surface area contributed by atoms with Gasteiger partial charge in [-0.15, -0.1) is 0 Å². The molecule has 1 saturated heterocycles. The van der Waals surface area contributed by atoms with Gasteiger partial charge in [-0.05, 0) is 31.2 Å². The van der Waals surface area contributed by atoms with Crippen LogP contribution in [0.5, 0.6) is 0 Å². The molecule has 2 amide bonds. The first-order chi connectivity index (χ1) is 8.31. The maximum absolute atomic E-state index is 11.7. The molecule has 1 aromatic rings. The zero-order valence-corrected chi connectivity index (χ0v) is 10.4. The van der Waals surface area contributed by atoms with Crippen molar-refractivity contribution in [1.29, 1.82) is 0 Å². The van der Waals surface area contributed by atoms with E-state index in [9.17, 15) is 4.79 Å². The van der Waals surface area contributed by atoms with Crippen LogP contribution in [0.25, 0.3) is 0 Å². The summed E-state index contributed by atoms with van der Waals surface area (Å²) in [6, 6.07) is 10.7. The first kappa shape index (κ1) is 12.0. The van der Waals surface area contributed by atoms with Gasteiger partial charge in [-0.2, -0.15) is 0 Å². The molecule has 1 heterocycles. The smallest absolute Gasteiger partial charge is 0.317 e. The van der Waals surface area contributed by atoms with Crippen molar-refractivity contribution in [2.24, 2.45) is 0 Å². The van der Waals surface area contributed by atoms with Crippen LogP contribution in [0.1, 0.15) is 31.2 Å². The van der Waals surface area contributed by atoms with Crippen LogP contribution in [0.2, 0.25) is 0 Å². The molecule has 0 spiro atoms. The lowest BCUT2D eigenvalue weighted by molar-refractivity contribution is 0.182. The summed E-state index contributed by atoms with van der Waals surface area (Å²) in [5, 5.41) is 2.86. The van der Waals surface area contributed by atoms with Gasteiger partial charge in [0.25, 0.3) is 0 Å². The van der Waals surface area contributed by atoms with Crippen LogP contribution in [0.15, 0.2) is 30.3 Å². The Morgan fingerprint density at radius 2 is 1.94 bits per heavy atom. The Morgan fingerprint density at radius 3 is 2.53 bits per heavy atom. The van der Waals surface area contributed by atoms with Gasteiger partial charge >= 0.3 is 6.03 Å². The second-order valence-electron chi connectivity index (χ2n) is 4.51. The number of carbonyl (C=O) groups is 1. The lowest BCUT2D eigenvalue weighted by Gasteiger charge is -2.32. The number of nitrogens with one attached hydrogen (secondary N) is 1. The molecule has 1 aliphatic heterocycles. The fourth-order valence-electron chi connectivity index (χ4n) is 2.40. The maximum Gasteiger partial charge on any atom is 0.317 e. The van der Waals surface area contributed by atoms with Crippen molar-refractivity contribution in [2.75, 3.05) is 19.6 Å². The van der Waals surface area contributed by atoms with E-state index in [4.69, 9.17) is 0 Å². The van der Waals surface area contributed by atoms with Gasteiger partial charge in [0.15, 0.2) is 0 Å². The average Bonchev–Trinajstić information content (AvgIpc) is 2.40. The number of carbonyl (C=O) groups excluding carboxylic acids is 1. The minimum absolute atomic E-state index is 0.0824. The summed E-state index contributed by atoms with van der Waals surface area (Å²) in [7, 11) is 0. The fraction of sp³-hybridized carbons (Fsp3) is 0.500. The standard InChI is InChI=1S/C14H20N2O/c1-2-15-14(17)16-10-8-13(9-11-16)12-6-4-3-5-7-12/h3-7,13H,2,8-11H2,1H3,(H,15,17). The summed E-state index contributed by atoms with van der Waals surface area (Å²) >= 11 is 0. The monoisotopic (exact) mass is 232 g/mol. The molecule has 1 aromatic carbocycles. The fourth-order valence-corrected chi connectivity index (χ4v) is 2.40. The molecule has 3 heteroatoms. The third kappa shape index (κ3) is 2.99. The topological polar surface area (TPSA) is 32.3 Å². The van der Waals surface area contributed by atoms with Crippen LogP contribution in [0.4, 0.5) is 4.79 Å². The molecule has 0 atom stereocenters. The summed E-state index contributed by atoms with van der Waals surface area (Å²) in [6.07, 6.45) is 2.14. The Labute approximate surface area is 103 Å². The zero-order chi connectivity index (χ0) is 12.1. The highest BCUT2D eigenvalue weighted by Crippen LogP contribution is 2.27. The highest BCUT2D eigenvalue weighted by atomic mass is 16.2. The molecule has 0 aliphatic carbocycles. The van der Waals surface area contributed by atoms with E-state index in [0.717, 1.165) is 25.9 Å². The van der Waals surface area contributed by atoms with Gasteiger partial charge < -0.3 is 10.2 Å². The molecule has 1 fully saturated rings. The summed E-state index contributed by atoms with van der Waals surface area (Å²) in [4.78, 5) is 13.6. The van der Waals surface area contributed by atoms with E-state index in [2.05, 4.69) is 29.6 Å². The molecule has 0 bridgehead atoms. The molecule has 0 aromatic heterocycles. The molecular weight excluding hydrogens is 212 g/mol. The number of urea groups is 1. The number of piperidine rings is 1.